The fourth-order valence-electron chi connectivity index (χ4n) is 6.91. The third-order valence-corrected chi connectivity index (χ3v) is 8.57. The van der Waals surface area contributed by atoms with Gasteiger partial charge in [0.1, 0.15) is 5.75 Å². The summed E-state index contributed by atoms with van der Waals surface area (Å²) in [5.74, 6) is -0.608. The monoisotopic (exact) mass is 494 g/mol. The summed E-state index contributed by atoms with van der Waals surface area (Å²) in [5.41, 5.74) is -0.246. The van der Waals surface area contributed by atoms with Gasteiger partial charge < -0.3 is 9.47 Å². The molecule has 3 fully saturated rings. The van der Waals surface area contributed by atoms with Crippen molar-refractivity contribution in [3.63, 3.8) is 0 Å². The van der Waals surface area contributed by atoms with Gasteiger partial charge in [0, 0.05) is 17.2 Å². The number of unbranched alkanes of at least 4 members (excludes halogenated alkanes) is 1. The Labute approximate surface area is 216 Å². The van der Waals surface area contributed by atoms with Crippen molar-refractivity contribution < 1.29 is 19.1 Å². The average molecular weight is 495 g/mol. The van der Waals surface area contributed by atoms with E-state index in [0.29, 0.717) is 24.3 Å². The molecule has 0 radical (unpaired) electrons. The molecule has 3 aliphatic rings. The van der Waals surface area contributed by atoms with Crippen molar-refractivity contribution in [2.24, 2.45) is 11.8 Å². The molecule has 0 spiro atoms. The van der Waals surface area contributed by atoms with Crippen LogP contribution in [-0.2, 0) is 14.3 Å². The Bertz CT molecular complexity index is 1410. The quantitative estimate of drug-likeness (QED) is 0.371. The zero-order valence-corrected chi connectivity index (χ0v) is 21.0. The van der Waals surface area contributed by atoms with E-state index in [1.54, 1.807) is 12.1 Å². The van der Waals surface area contributed by atoms with E-state index in [0.717, 1.165) is 48.6 Å². The summed E-state index contributed by atoms with van der Waals surface area (Å²) in [6, 6.07) is 22.8. The van der Waals surface area contributed by atoms with Gasteiger partial charge in [-0.15, -0.1) is 0 Å². The molecule has 4 unspecified atom stereocenters. The van der Waals surface area contributed by atoms with Crippen molar-refractivity contribution in [2.45, 2.75) is 56.7 Å². The Morgan fingerprint density at radius 2 is 1.57 bits per heavy atom. The SMILES string of the molecule is CCCCC12CCC(CCOc3ccccc3)(O1)C1C(=O)N(c3ccc(C#N)c4ccccc34)C(=O)C12. The summed E-state index contributed by atoms with van der Waals surface area (Å²) in [6.45, 7) is 2.55. The van der Waals surface area contributed by atoms with Crippen molar-refractivity contribution in [2.75, 3.05) is 11.5 Å². The molecule has 4 atom stereocenters. The molecule has 6 nitrogen and oxygen atoms in total. The van der Waals surface area contributed by atoms with E-state index in [4.69, 9.17) is 9.47 Å². The van der Waals surface area contributed by atoms with E-state index < -0.39 is 23.0 Å². The number of carbonyl (C=O) groups is 2. The van der Waals surface area contributed by atoms with Gasteiger partial charge in [0.25, 0.3) is 0 Å². The van der Waals surface area contributed by atoms with Gasteiger partial charge >= 0.3 is 0 Å². The third kappa shape index (κ3) is 3.56. The van der Waals surface area contributed by atoms with Gasteiger partial charge in [0.15, 0.2) is 0 Å². The van der Waals surface area contributed by atoms with Crippen LogP contribution in [0.1, 0.15) is 51.0 Å². The van der Waals surface area contributed by atoms with Crippen LogP contribution in [0.15, 0.2) is 66.7 Å². The highest BCUT2D eigenvalue weighted by molar-refractivity contribution is 6.26. The average Bonchev–Trinajstić information content (AvgIpc) is 3.53. The van der Waals surface area contributed by atoms with Crippen LogP contribution in [0.2, 0.25) is 0 Å². The summed E-state index contributed by atoms with van der Waals surface area (Å²) < 4.78 is 12.8. The zero-order valence-electron chi connectivity index (χ0n) is 21.0. The lowest BCUT2D eigenvalue weighted by Gasteiger charge is -2.31. The maximum Gasteiger partial charge on any atom is 0.240 e. The number of hydrogen-bond donors (Lipinski definition) is 0. The number of ether oxygens (including phenoxy) is 2. The number of para-hydroxylation sites is 1. The molecule has 3 heterocycles. The summed E-state index contributed by atoms with van der Waals surface area (Å²) in [4.78, 5) is 29.7. The fraction of sp³-hybridized carbons (Fsp3) is 0.387. The number of hydrogen-bond acceptors (Lipinski definition) is 5. The predicted molar refractivity (Wildman–Crippen MR) is 140 cm³/mol. The van der Waals surface area contributed by atoms with E-state index in [1.165, 1.54) is 4.90 Å². The van der Waals surface area contributed by atoms with Crippen molar-refractivity contribution in [3.05, 3.63) is 72.3 Å². The minimum atomic E-state index is -0.711. The van der Waals surface area contributed by atoms with Gasteiger partial charge in [-0.3, -0.25) is 9.59 Å². The molecule has 6 heteroatoms. The lowest BCUT2D eigenvalue weighted by atomic mass is 9.65. The normalized spacial score (nSPS) is 28.1. The number of carbonyl (C=O) groups excluding carboxylic acids is 2. The maximum absolute atomic E-state index is 14.2. The maximum atomic E-state index is 14.2. The molecule has 188 valence electrons. The summed E-state index contributed by atoms with van der Waals surface area (Å²) in [5, 5.41) is 11.1. The molecule has 0 N–H and O–H groups in total. The Morgan fingerprint density at radius 3 is 2.24 bits per heavy atom. The predicted octanol–water partition coefficient (Wildman–Crippen LogP) is 5.78. The molecule has 0 aromatic heterocycles. The molecular formula is C31H30N2O4. The number of anilines is 1. The summed E-state index contributed by atoms with van der Waals surface area (Å²) >= 11 is 0. The van der Waals surface area contributed by atoms with Crippen LogP contribution in [0, 0.1) is 23.2 Å². The Kier molecular flexibility index (Phi) is 5.77. The lowest BCUT2D eigenvalue weighted by Crippen LogP contribution is -2.43. The standard InChI is InChI=1S/C31H30N2O4/c1-2-3-15-30-16-17-31(37-30,18-19-36-22-9-5-4-6-10-22)27-26(30)28(34)33(29(27)35)25-14-13-21(20-32)23-11-7-8-12-24(23)25/h4-14,26-27H,2-3,15-19H2,1H3. The molecule has 3 aliphatic heterocycles. The molecule has 2 bridgehead atoms. The zero-order chi connectivity index (χ0) is 25.6. The van der Waals surface area contributed by atoms with E-state index >= 15 is 0 Å². The number of rotatable bonds is 8. The number of nitriles is 1. The van der Waals surface area contributed by atoms with Gasteiger partial charge in [-0.05, 0) is 43.5 Å². The van der Waals surface area contributed by atoms with Crippen molar-refractivity contribution in [3.8, 4) is 11.8 Å². The van der Waals surface area contributed by atoms with E-state index in [2.05, 4.69) is 13.0 Å². The molecular weight excluding hydrogens is 464 g/mol. The van der Waals surface area contributed by atoms with Gasteiger partial charge in [0.05, 0.1) is 47.0 Å². The van der Waals surface area contributed by atoms with Gasteiger partial charge in [-0.2, -0.15) is 5.26 Å². The van der Waals surface area contributed by atoms with Crippen LogP contribution in [0.5, 0.6) is 5.75 Å². The summed E-state index contributed by atoms with van der Waals surface area (Å²) in [6.07, 6.45) is 4.79. The molecule has 0 saturated carbocycles. The second-order valence-corrected chi connectivity index (χ2v) is 10.5. The Hall–Kier alpha value is -3.69. The molecule has 0 aliphatic carbocycles. The van der Waals surface area contributed by atoms with Crippen LogP contribution >= 0.6 is 0 Å². The van der Waals surface area contributed by atoms with Crippen molar-refractivity contribution in [1.82, 2.24) is 0 Å². The number of fused-ring (bicyclic) bond motifs is 6. The Balaban J connectivity index is 1.38. The second-order valence-electron chi connectivity index (χ2n) is 10.5. The Morgan fingerprint density at radius 1 is 0.919 bits per heavy atom. The van der Waals surface area contributed by atoms with Crippen LogP contribution < -0.4 is 9.64 Å². The third-order valence-electron chi connectivity index (χ3n) is 8.57. The van der Waals surface area contributed by atoms with E-state index in [1.807, 2.05) is 54.6 Å². The van der Waals surface area contributed by atoms with Crippen molar-refractivity contribution in [1.29, 1.82) is 5.26 Å². The van der Waals surface area contributed by atoms with Crippen LogP contribution in [0.3, 0.4) is 0 Å². The highest BCUT2D eigenvalue weighted by atomic mass is 16.5. The first-order valence-corrected chi connectivity index (χ1v) is 13.2. The smallest absolute Gasteiger partial charge is 0.240 e. The second kappa shape index (κ2) is 9.00. The lowest BCUT2D eigenvalue weighted by molar-refractivity contribution is -0.132. The highest BCUT2D eigenvalue weighted by Gasteiger charge is 2.75. The van der Waals surface area contributed by atoms with E-state index in [-0.39, 0.29) is 11.8 Å². The molecule has 6 rings (SSSR count). The summed E-state index contributed by atoms with van der Waals surface area (Å²) in [7, 11) is 0. The van der Waals surface area contributed by atoms with Gasteiger partial charge in [-0.25, -0.2) is 4.90 Å². The first-order chi connectivity index (χ1) is 18.0. The minimum absolute atomic E-state index is 0.175. The number of imide groups is 1. The van der Waals surface area contributed by atoms with E-state index in [9.17, 15) is 14.9 Å². The van der Waals surface area contributed by atoms with Crippen LogP contribution in [0.25, 0.3) is 10.8 Å². The van der Waals surface area contributed by atoms with Crippen LogP contribution in [-0.4, -0.2) is 29.6 Å². The number of benzene rings is 3. The highest BCUT2D eigenvalue weighted by Crippen LogP contribution is 2.64. The molecule has 37 heavy (non-hydrogen) atoms. The molecule has 3 aromatic carbocycles. The topological polar surface area (TPSA) is 79.6 Å². The first kappa shape index (κ1) is 23.7. The fourth-order valence-corrected chi connectivity index (χ4v) is 6.91. The van der Waals surface area contributed by atoms with Crippen LogP contribution in [0.4, 0.5) is 5.69 Å². The number of nitrogens with zero attached hydrogens (tertiary/aromatic N) is 2. The molecule has 3 saturated heterocycles. The molecule has 3 aromatic rings. The van der Waals surface area contributed by atoms with Gasteiger partial charge in [-0.1, -0.05) is 62.2 Å². The first-order valence-electron chi connectivity index (χ1n) is 13.2. The van der Waals surface area contributed by atoms with Gasteiger partial charge in [0.2, 0.25) is 11.8 Å². The molecule has 2 amide bonds. The van der Waals surface area contributed by atoms with Crippen molar-refractivity contribution >= 4 is 28.3 Å². The minimum Gasteiger partial charge on any atom is -0.493 e. The largest absolute Gasteiger partial charge is 0.493 e. The number of amides is 2.